The summed E-state index contributed by atoms with van der Waals surface area (Å²) in [6, 6.07) is 10.4. The van der Waals surface area contributed by atoms with Crippen LogP contribution in [0.5, 0.6) is 11.5 Å². The van der Waals surface area contributed by atoms with E-state index in [0.29, 0.717) is 30.9 Å². The Morgan fingerprint density at radius 3 is 2.33 bits per heavy atom. The molecule has 0 saturated carbocycles. The van der Waals surface area contributed by atoms with E-state index in [1.54, 1.807) is 6.07 Å². The fraction of sp³-hybridized carbons (Fsp3) is 0.409. The molecule has 0 spiro atoms. The van der Waals surface area contributed by atoms with Gasteiger partial charge in [0.1, 0.15) is 0 Å². The minimum Gasteiger partial charge on any atom is -0.493 e. The molecule has 7 nitrogen and oxygen atoms in total. The Balaban J connectivity index is 1.77. The smallest absolute Gasteiger partial charge is 0.243 e. The number of methoxy groups -OCH3 is 2. The van der Waals surface area contributed by atoms with Crippen molar-refractivity contribution in [3.8, 4) is 11.5 Å². The van der Waals surface area contributed by atoms with Crippen molar-refractivity contribution in [2.75, 3.05) is 32.6 Å². The van der Waals surface area contributed by atoms with Crippen molar-refractivity contribution in [1.29, 1.82) is 0 Å². The highest BCUT2D eigenvalue weighted by molar-refractivity contribution is 7.89. The van der Waals surface area contributed by atoms with Crippen LogP contribution in [0.2, 0.25) is 0 Å². The number of nitrogens with one attached hydrogen (secondary N) is 1. The van der Waals surface area contributed by atoms with Gasteiger partial charge in [0.2, 0.25) is 15.9 Å². The molecule has 1 aliphatic heterocycles. The van der Waals surface area contributed by atoms with E-state index in [-0.39, 0.29) is 17.3 Å². The first-order valence-electron chi connectivity index (χ1n) is 9.86. The lowest BCUT2D eigenvalue weighted by Crippen LogP contribution is -2.43. The second-order valence-corrected chi connectivity index (χ2v) is 9.52. The van der Waals surface area contributed by atoms with Gasteiger partial charge in [0, 0.05) is 24.8 Å². The fourth-order valence-corrected chi connectivity index (χ4v) is 5.33. The average Bonchev–Trinajstić information content (AvgIpc) is 2.72. The van der Waals surface area contributed by atoms with Crippen LogP contribution < -0.4 is 14.8 Å². The van der Waals surface area contributed by atoms with Crippen LogP contribution in [0.25, 0.3) is 0 Å². The zero-order valence-corrected chi connectivity index (χ0v) is 18.6. The second-order valence-electron chi connectivity index (χ2n) is 7.58. The summed E-state index contributed by atoms with van der Waals surface area (Å²) in [7, 11) is -0.798. The molecule has 8 heteroatoms. The first-order chi connectivity index (χ1) is 14.2. The van der Waals surface area contributed by atoms with Crippen molar-refractivity contribution in [3.05, 3.63) is 47.5 Å². The number of aryl methyl sites for hydroxylation is 2. The Hall–Kier alpha value is -2.58. The van der Waals surface area contributed by atoms with E-state index < -0.39 is 15.9 Å². The number of rotatable bonds is 6. The number of carbonyl (C=O) groups is 1. The van der Waals surface area contributed by atoms with Crippen molar-refractivity contribution >= 4 is 21.6 Å². The van der Waals surface area contributed by atoms with Gasteiger partial charge in [0.15, 0.2) is 11.5 Å². The highest BCUT2D eigenvalue weighted by Crippen LogP contribution is 2.32. The molecule has 2 aromatic carbocycles. The molecule has 1 N–H and O–H groups in total. The number of amides is 1. The largest absolute Gasteiger partial charge is 0.493 e. The lowest BCUT2D eigenvalue weighted by Gasteiger charge is -2.31. The molecule has 1 aliphatic rings. The molecular weight excluding hydrogens is 404 g/mol. The Morgan fingerprint density at radius 2 is 1.70 bits per heavy atom. The quantitative estimate of drug-likeness (QED) is 0.757. The molecule has 0 bridgehead atoms. The minimum atomic E-state index is -3.75. The summed E-state index contributed by atoms with van der Waals surface area (Å²) in [5.74, 6) is 0.238. The summed E-state index contributed by atoms with van der Waals surface area (Å²) in [4.78, 5) is 12.9. The molecule has 1 fully saturated rings. The van der Waals surface area contributed by atoms with E-state index in [2.05, 4.69) is 5.32 Å². The molecule has 1 atom stereocenters. The molecule has 162 valence electrons. The molecular formula is C22H28N2O5S. The van der Waals surface area contributed by atoms with Crippen LogP contribution in [0.4, 0.5) is 5.69 Å². The number of anilines is 1. The average molecular weight is 433 g/mol. The van der Waals surface area contributed by atoms with Gasteiger partial charge in [-0.05, 0) is 62.1 Å². The second kappa shape index (κ2) is 9.06. The molecule has 1 saturated heterocycles. The Bertz CT molecular complexity index is 1020. The molecule has 2 aromatic rings. The van der Waals surface area contributed by atoms with E-state index in [1.807, 2.05) is 32.0 Å². The molecule has 0 aliphatic carbocycles. The summed E-state index contributed by atoms with van der Waals surface area (Å²) < 4.78 is 38.1. The number of sulfonamides is 1. The predicted octanol–water partition coefficient (Wildman–Crippen LogP) is 3.36. The van der Waals surface area contributed by atoms with Crippen LogP contribution in [-0.4, -0.2) is 45.9 Å². The van der Waals surface area contributed by atoms with E-state index in [0.717, 1.165) is 16.8 Å². The maximum Gasteiger partial charge on any atom is 0.243 e. The van der Waals surface area contributed by atoms with Gasteiger partial charge >= 0.3 is 0 Å². The summed E-state index contributed by atoms with van der Waals surface area (Å²) in [6.45, 7) is 4.47. The van der Waals surface area contributed by atoms with Gasteiger partial charge in [-0.2, -0.15) is 4.31 Å². The third-order valence-corrected chi connectivity index (χ3v) is 7.10. The van der Waals surface area contributed by atoms with Crippen LogP contribution in [0.3, 0.4) is 0 Å². The van der Waals surface area contributed by atoms with Crippen LogP contribution in [0, 0.1) is 19.8 Å². The number of piperidine rings is 1. The third kappa shape index (κ3) is 4.76. The van der Waals surface area contributed by atoms with Crippen molar-refractivity contribution in [2.24, 2.45) is 5.92 Å². The van der Waals surface area contributed by atoms with Gasteiger partial charge in [-0.1, -0.05) is 6.07 Å². The molecule has 30 heavy (non-hydrogen) atoms. The van der Waals surface area contributed by atoms with Crippen molar-refractivity contribution < 1.29 is 22.7 Å². The van der Waals surface area contributed by atoms with Crippen LogP contribution in [0.1, 0.15) is 24.0 Å². The lowest BCUT2D eigenvalue weighted by molar-refractivity contribution is -0.120. The van der Waals surface area contributed by atoms with E-state index in [4.69, 9.17) is 9.47 Å². The van der Waals surface area contributed by atoms with Crippen LogP contribution >= 0.6 is 0 Å². The molecule has 1 heterocycles. The van der Waals surface area contributed by atoms with E-state index >= 15 is 0 Å². The SMILES string of the molecule is COc1ccc(S(=O)(=O)N2CCC[C@@H](C(=O)Nc3cc(C)cc(C)c3)C2)cc1OC. The zero-order chi connectivity index (χ0) is 21.9. The number of hydrogen-bond acceptors (Lipinski definition) is 5. The van der Waals surface area contributed by atoms with Gasteiger partial charge in [-0.15, -0.1) is 0 Å². The maximum atomic E-state index is 13.2. The standard InChI is InChI=1S/C22H28N2O5S/c1-15-10-16(2)12-18(11-15)23-22(25)17-6-5-9-24(14-17)30(26,27)19-7-8-20(28-3)21(13-19)29-4/h7-8,10-13,17H,5-6,9,14H2,1-4H3,(H,23,25)/t17-/m1/s1. The van der Waals surface area contributed by atoms with Crippen molar-refractivity contribution in [1.82, 2.24) is 4.31 Å². The van der Waals surface area contributed by atoms with E-state index in [9.17, 15) is 13.2 Å². The predicted molar refractivity (Wildman–Crippen MR) is 116 cm³/mol. The monoisotopic (exact) mass is 432 g/mol. The summed E-state index contributed by atoms with van der Waals surface area (Å²) in [5.41, 5.74) is 2.86. The Kier molecular flexibility index (Phi) is 6.67. The minimum absolute atomic E-state index is 0.121. The van der Waals surface area contributed by atoms with Gasteiger partial charge in [0.25, 0.3) is 0 Å². The first kappa shape index (κ1) is 22.1. The Morgan fingerprint density at radius 1 is 1.03 bits per heavy atom. The van der Waals surface area contributed by atoms with E-state index in [1.165, 1.54) is 30.7 Å². The zero-order valence-electron chi connectivity index (χ0n) is 17.8. The number of ether oxygens (including phenoxy) is 2. The summed E-state index contributed by atoms with van der Waals surface area (Å²) in [6.07, 6.45) is 1.27. The molecule has 0 unspecified atom stereocenters. The number of benzene rings is 2. The number of hydrogen-bond donors (Lipinski definition) is 1. The number of nitrogens with zero attached hydrogens (tertiary/aromatic N) is 1. The fourth-order valence-electron chi connectivity index (χ4n) is 3.79. The molecule has 1 amide bonds. The topological polar surface area (TPSA) is 84.9 Å². The third-order valence-electron chi connectivity index (χ3n) is 5.24. The van der Waals surface area contributed by atoms with Gasteiger partial charge < -0.3 is 14.8 Å². The highest BCUT2D eigenvalue weighted by atomic mass is 32.2. The van der Waals surface area contributed by atoms with Gasteiger partial charge in [-0.3, -0.25) is 4.79 Å². The summed E-state index contributed by atoms with van der Waals surface area (Å²) in [5, 5.41) is 2.94. The highest BCUT2D eigenvalue weighted by Gasteiger charge is 2.33. The maximum absolute atomic E-state index is 13.2. The van der Waals surface area contributed by atoms with Crippen molar-refractivity contribution in [3.63, 3.8) is 0 Å². The van der Waals surface area contributed by atoms with Gasteiger partial charge in [0.05, 0.1) is 25.0 Å². The van der Waals surface area contributed by atoms with Crippen LogP contribution in [0.15, 0.2) is 41.3 Å². The lowest BCUT2D eigenvalue weighted by atomic mass is 9.98. The molecule has 3 rings (SSSR count). The number of carbonyl (C=O) groups excluding carboxylic acids is 1. The molecule has 0 aromatic heterocycles. The summed E-state index contributed by atoms with van der Waals surface area (Å²) >= 11 is 0. The van der Waals surface area contributed by atoms with Crippen LogP contribution in [-0.2, 0) is 14.8 Å². The normalized spacial score (nSPS) is 17.4. The van der Waals surface area contributed by atoms with Crippen molar-refractivity contribution in [2.45, 2.75) is 31.6 Å². The first-order valence-corrected chi connectivity index (χ1v) is 11.3. The van der Waals surface area contributed by atoms with Gasteiger partial charge in [-0.25, -0.2) is 8.42 Å². The molecule has 0 radical (unpaired) electrons. The Labute approximate surface area is 178 Å².